The molecule has 0 aliphatic rings. The molecule has 2 aromatic rings. The largest absolute Gasteiger partial charge is 0.351 e. The molecule has 0 atom stereocenters. The molecular formula is C17H18Cl2N2O5S2. The Morgan fingerprint density at radius 1 is 1.00 bits per heavy atom. The molecule has 0 radical (unpaired) electrons. The van der Waals surface area contributed by atoms with Gasteiger partial charge in [-0.2, -0.15) is 0 Å². The standard InChI is InChI=1S/C17H18Cl2N2O5S2/c1-2-27(23,24)10-9-20-17(22)12-3-6-14(7-4-12)21-28(25,26)16-11-13(18)5-8-15(16)19/h3-8,11,21H,2,9-10H2,1H3,(H,20,22). The molecule has 0 aromatic heterocycles. The van der Waals surface area contributed by atoms with Crippen molar-refractivity contribution in [2.45, 2.75) is 11.8 Å². The minimum atomic E-state index is -3.97. The number of sulfone groups is 1. The molecule has 2 N–H and O–H groups in total. The number of hydrogen-bond donors (Lipinski definition) is 2. The molecular weight excluding hydrogens is 447 g/mol. The van der Waals surface area contributed by atoms with Crippen molar-refractivity contribution in [2.24, 2.45) is 0 Å². The summed E-state index contributed by atoms with van der Waals surface area (Å²) < 4.78 is 50.1. The van der Waals surface area contributed by atoms with Crippen LogP contribution in [0.3, 0.4) is 0 Å². The lowest BCUT2D eigenvalue weighted by atomic mass is 10.2. The minimum Gasteiger partial charge on any atom is -0.351 e. The lowest BCUT2D eigenvalue weighted by molar-refractivity contribution is 0.0956. The second-order valence-electron chi connectivity index (χ2n) is 5.75. The number of benzene rings is 2. The molecule has 0 aliphatic carbocycles. The van der Waals surface area contributed by atoms with Gasteiger partial charge in [0.05, 0.1) is 10.8 Å². The van der Waals surface area contributed by atoms with Crippen LogP contribution < -0.4 is 10.0 Å². The predicted octanol–water partition coefficient (Wildman–Crippen LogP) is 2.96. The quantitative estimate of drug-likeness (QED) is 0.623. The first kappa shape index (κ1) is 22.5. The van der Waals surface area contributed by atoms with E-state index < -0.39 is 25.8 Å². The van der Waals surface area contributed by atoms with Crippen LogP contribution in [-0.2, 0) is 19.9 Å². The highest BCUT2D eigenvalue weighted by molar-refractivity contribution is 7.92. The average molecular weight is 465 g/mol. The number of hydrogen-bond acceptors (Lipinski definition) is 5. The van der Waals surface area contributed by atoms with Crippen LogP contribution in [0, 0.1) is 0 Å². The lowest BCUT2D eigenvalue weighted by Crippen LogP contribution is -2.29. The number of amides is 1. The zero-order valence-corrected chi connectivity index (χ0v) is 17.9. The molecule has 2 rings (SSSR count). The summed E-state index contributed by atoms with van der Waals surface area (Å²) in [6.07, 6.45) is 0. The predicted molar refractivity (Wildman–Crippen MR) is 110 cm³/mol. The van der Waals surface area contributed by atoms with Crippen molar-refractivity contribution in [2.75, 3.05) is 22.8 Å². The van der Waals surface area contributed by atoms with E-state index in [1.165, 1.54) is 49.4 Å². The van der Waals surface area contributed by atoms with Crippen molar-refractivity contribution in [1.29, 1.82) is 0 Å². The zero-order chi connectivity index (χ0) is 20.9. The molecule has 0 fully saturated rings. The summed E-state index contributed by atoms with van der Waals surface area (Å²) in [5.41, 5.74) is 0.485. The normalized spacial score (nSPS) is 11.8. The fraction of sp³-hybridized carbons (Fsp3) is 0.235. The third kappa shape index (κ3) is 6.10. The molecule has 0 bridgehead atoms. The van der Waals surface area contributed by atoms with E-state index in [0.717, 1.165) is 0 Å². The first-order valence-electron chi connectivity index (χ1n) is 8.10. The summed E-state index contributed by atoms with van der Waals surface area (Å²) in [5, 5.41) is 2.75. The maximum absolute atomic E-state index is 12.5. The van der Waals surface area contributed by atoms with E-state index in [4.69, 9.17) is 23.2 Å². The van der Waals surface area contributed by atoms with Crippen LogP contribution in [0.5, 0.6) is 0 Å². The van der Waals surface area contributed by atoms with Gasteiger partial charge in [0, 0.05) is 28.6 Å². The molecule has 11 heteroatoms. The van der Waals surface area contributed by atoms with Crippen molar-refractivity contribution >= 4 is 54.7 Å². The van der Waals surface area contributed by atoms with E-state index >= 15 is 0 Å². The van der Waals surface area contributed by atoms with Crippen LogP contribution in [0.2, 0.25) is 10.0 Å². The molecule has 0 heterocycles. The Morgan fingerprint density at radius 3 is 2.25 bits per heavy atom. The number of sulfonamides is 1. The molecule has 2 aromatic carbocycles. The second-order valence-corrected chi connectivity index (χ2v) is 10.7. The van der Waals surface area contributed by atoms with Crippen molar-refractivity contribution in [3.05, 3.63) is 58.1 Å². The molecule has 28 heavy (non-hydrogen) atoms. The minimum absolute atomic E-state index is 0.00332. The molecule has 0 spiro atoms. The number of rotatable bonds is 8. The van der Waals surface area contributed by atoms with Crippen LogP contribution in [0.15, 0.2) is 47.4 Å². The highest BCUT2D eigenvalue weighted by Crippen LogP contribution is 2.26. The third-order valence-electron chi connectivity index (χ3n) is 3.72. The van der Waals surface area contributed by atoms with E-state index in [2.05, 4.69) is 10.0 Å². The summed E-state index contributed by atoms with van der Waals surface area (Å²) in [6.45, 7) is 1.53. The lowest BCUT2D eigenvalue weighted by Gasteiger charge is -2.11. The summed E-state index contributed by atoms with van der Waals surface area (Å²) in [5.74, 6) is -0.597. The summed E-state index contributed by atoms with van der Waals surface area (Å²) >= 11 is 11.8. The Hall–Kier alpha value is -1.81. The van der Waals surface area contributed by atoms with Crippen molar-refractivity contribution in [3.63, 3.8) is 0 Å². The fourth-order valence-corrected chi connectivity index (χ4v) is 4.67. The average Bonchev–Trinajstić information content (AvgIpc) is 2.63. The maximum Gasteiger partial charge on any atom is 0.263 e. The number of carbonyl (C=O) groups excluding carboxylic acids is 1. The SMILES string of the molecule is CCS(=O)(=O)CCNC(=O)c1ccc(NS(=O)(=O)c2cc(Cl)ccc2Cl)cc1. The monoisotopic (exact) mass is 464 g/mol. The first-order valence-corrected chi connectivity index (χ1v) is 12.2. The van der Waals surface area contributed by atoms with E-state index in [1.807, 2.05) is 0 Å². The highest BCUT2D eigenvalue weighted by atomic mass is 35.5. The molecule has 152 valence electrons. The van der Waals surface area contributed by atoms with Gasteiger partial charge in [0.2, 0.25) is 0 Å². The van der Waals surface area contributed by atoms with Crippen molar-refractivity contribution in [1.82, 2.24) is 5.32 Å². The first-order chi connectivity index (χ1) is 13.0. The van der Waals surface area contributed by atoms with Gasteiger partial charge in [-0.3, -0.25) is 9.52 Å². The maximum atomic E-state index is 12.5. The molecule has 0 saturated carbocycles. The Bertz CT molecular complexity index is 1070. The topological polar surface area (TPSA) is 109 Å². The van der Waals surface area contributed by atoms with Gasteiger partial charge in [-0.05, 0) is 42.5 Å². The van der Waals surface area contributed by atoms with Gasteiger partial charge in [-0.25, -0.2) is 16.8 Å². The van der Waals surface area contributed by atoms with Crippen LogP contribution in [0.1, 0.15) is 17.3 Å². The number of anilines is 1. The Balaban J connectivity index is 2.06. The molecule has 1 amide bonds. The van der Waals surface area contributed by atoms with Gasteiger partial charge in [0.1, 0.15) is 4.90 Å². The molecule has 0 saturated heterocycles. The van der Waals surface area contributed by atoms with Gasteiger partial charge in [0.15, 0.2) is 9.84 Å². The van der Waals surface area contributed by atoms with Gasteiger partial charge < -0.3 is 5.32 Å². The Kier molecular flexibility index (Phi) is 7.33. The summed E-state index contributed by atoms with van der Waals surface area (Å²) in [6, 6.07) is 9.74. The van der Waals surface area contributed by atoms with E-state index in [9.17, 15) is 21.6 Å². The van der Waals surface area contributed by atoms with Crippen LogP contribution in [0.4, 0.5) is 5.69 Å². The van der Waals surface area contributed by atoms with E-state index in [0.29, 0.717) is 0 Å². The third-order valence-corrected chi connectivity index (χ3v) is 7.52. The van der Waals surface area contributed by atoms with Gasteiger partial charge in [-0.1, -0.05) is 30.1 Å². The number of nitrogens with one attached hydrogen (secondary N) is 2. The molecule has 0 unspecified atom stereocenters. The Labute approximate surface area is 174 Å². The summed E-state index contributed by atoms with van der Waals surface area (Å²) in [7, 11) is -7.14. The summed E-state index contributed by atoms with van der Waals surface area (Å²) in [4.78, 5) is 11.9. The highest BCUT2D eigenvalue weighted by Gasteiger charge is 2.19. The van der Waals surface area contributed by atoms with Gasteiger partial charge >= 0.3 is 0 Å². The zero-order valence-electron chi connectivity index (χ0n) is 14.8. The van der Waals surface area contributed by atoms with Gasteiger partial charge in [-0.15, -0.1) is 0 Å². The van der Waals surface area contributed by atoms with Crippen LogP contribution in [0.25, 0.3) is 0 Å². The van der Waals surface area contributed by atoms with Gasteiger partial charge in [0.25, 0.3) is 15.9 Å². The Morgan fingerprint density at radius 2 is 1.64 bits per heavy atom. The molecule has 0 aliphatic heterocycles. The van der Waals surface area contributed by atoms with Crippen LogP contribution >= 0.6 is 23.2 Å². The van der Waals surface area contributed by atoms with Crippen molar-refractivity contribution in [3.8, 4) is 0 Å². The van der Waals surface area contributed by atoms with Crippen molar-refractivity contribution < 1.29 is 21.6 Å². The molecule has 7 nitrogen and oxygen atoms in total. The van der Waals surface area contributed by atoms with E-state index in [1.54, 1.807) is 0 Å². The van der Waals surface area contributed by atoms with Crippen LogP contribution in [-0.4, -0.2) is 40.8 Å². The fourth-order valence-electron chi connectivity index (χ4n) is 2.15. The second kappa shape index (κ2) is 9.13. The number of carbonyl (C=O) groups is 1. The van der Waals surface area contributed by atoms with E-state index in [-0.39, 0.29) is 44.2 Å². The smallest absolute Gasteiger partial charge is 0.263 e. The number of halogens is 2.